The lowest BCUT2D eigenvalue weighted by Crippen LogP contribution is -2.25. The van der Waals surface area contributed by atoms with E-state index in [2.05, 4.69) is 28.6 Å². The Hall–Kier alpha value is -1.65. The van der Waals surface area contributed by atoms with E-state index in [-0.39, 0.29) is 0 Å². The molecule has 1 unspecified atom stereocenters. The Balaban J connectivity index is 1.42. The quantitative estimate of drug-likeness (QED) is 0.829. The molecule has 1 aliphatic heterocycles. The number of hydrogen-bond donors (Lipinski definition) is 1. The Labute approximate surface area is 126 Å². The van der Waals surface area contributed by atoms with Crippen molar-refractivity contribution in [3.63, 3.8) is 0 Å². The van der Waals surface area contributed by atoms with E-state index in [0.717, 1.165) is 37.5 Å². The van der Waals surface area contributed by atoms with E-state index in [1.54, 1.807) is 0 Å². The number of nitrogens with one attached hydrogen (secondary N) is 1. The molecular formula is C17H23N3O. The molecule has 1 N–H and O–H groups in total. The van der Waals surface area contributed by atoms with Gasteiger partial charge in [0.15, 0.2) is 0 Å². The summed E-state index contributed by atoms with van der Waals surface area (Å²) in [6.07, 6.45) is 7.31. The highest BCUT2D eigenvalue weighted by Gasteiger charge is 2.12. The second kappa shape index (κ2) is 7.38. The Bertz CT molecular complexity index is 532. The van der Waals surface area contributed by atoms with Crippen LogP contribution in [-0.4, -0.2) is 29.0 Å². The molecule has 2 heterocycles. The lowest BCUT2D eigenvalue weighted by Gasteiger charge is -2.22. The highest BCUT2D eigenvalue weighted by Crippen LogP contribution is 2.14. The van der Waals surface area contributed by atoms with Crippen LogP contribution in [0, 0.1) is 0 Å². The van der Waals surface area contributed by atoms with Crippen LogP contribution in [0.3, 0.4) is 0 Å². The van der Waals surface area contributed by atoms with E-state index >= 15 is 0 Å². The summed E-state index contributed by atoms with van der Waals surface area (Å²) in [5.74, 6) is 0. The van der Waals surface area contributed by atoms with Crippen molar-refractivity contribution in [3.05, 3.63) is 48.3 Å². The molecule has 0 amide bonds. The van der Waals surface area contributed by atoms with Crippen LogP contribution in [0.4, 0.5) is 0 Å². The van der Waals surface area contributed by atoms with Crippen molar-refractivity contribution in [1.82, 2.24) is 15.1 Å². The molecule has 0 bridgehead atoms. The fraction of sp³-hybridized carbons (Fsp3) is 0.471. The van der Waals surface area contributed by atoms with Crippen molar-refractivity contribution < 1.29 is 4.74 Å². The molecule has 1 aliphatic rings. The number of nitrogens with zero attached hydrogens (tertiary/aromatic N) is 2. The van der Waals surface area contributed by atoms with Gasteiger partial charge in [-0.05, 0) is 50.4 Å². The van der Waals surface area contributed by atoms with Gasteiger partial charge in [0.1, 0.15) is 0 Å². The number of rotatable bonds is 6. The molecule has 4 heteroatoms. The average molecular weight is 285 g/mol. The van der Waals surface area contributed by atoms with Gasteiger partial charge >= 0.3 is 0 Å². The van der Waals surface area contributed by atoms with Crippen LogP contribution in [0.1, 0.15) is 31.4 Å². The molecule has 1 fully saturated rings. The van der Waals surface area contributed by atoms with Gasteiger partial charge in [-0.15, -0.1) is 0 Å². The molecule has 0 radical (unpaired) electrons. The molecule has 2 aromatic rings. The van der Waals surface area contributed by atoms with Gasteiger partial charge < -0.3 is 10.1 Å². The normalized spacial score (nSPS) is 18.8. The third-order valence-corrected chi connectivity index (χ3v) is 3.89. The molecule has 112 valence electrons. The molecule has 1 saturated heterocycles. The van der Waals surface area contributed by atoms with Gasteiger partial charge in [-0.2, -0.15) is 5.10 Å². The lowest BCUT2D eigenvalue weighted by atomic mass is 10.1. The Kier molecular flexibility index (Phi) is 5.03. The molecule has 21 heavy (non-hydrogen) atoms. The minimum Gasteiger partial charge on any atom is -0.378 e. The van der Waals surface area contributed by atoms with Crippen LogP contribution in [0.5, 0.6) is 0 Å². The Morgan fingerprint density at radius 3 is 2.90 bits per heavy atom. The first kappa shape index (κ1) is 14.3. The summed E-state index contributed by atoms with van der Waals surface area (Å²) < 4.78 is 7.65. The topological polar surface area (TPSA) is 39.1 Å². The number of para-hydroxylation sites is 1. The molecule has 1 atom stereocenters. The van der Waals surface area contributed by atoms with Gasteiger partial charge in [0, 0.05) is 19.3 Å². The molecule has 3 rings (SSSR count). The number of ether oxygens (including phenoxy) is 1. The molecule has 1 aromatic carbocycles. The molecule has 0 aliphatic carbocycles. The first-order chi connectivity index (χ1) is 10.4. The fourth-order valence-corrected chi connectivity index (χ4v) is 2.70. The zero-order valence-electron chi connectivity index (χ0n) is 12.4. The van der Waals surface area contributed by atoms with Crippen LogP contribution in [0.15, 0.2) is 42.6 Å². The van der Waals surface area contributed by atoms with E-state index in [9.17, 15) is 0 Å². The van der Waals surface area contributed by atoms with E-state index in [0.29, 0.717) is 6.10 Å². The van der Waals surface area contributed by atoms with E-state index in [1.807, 2.05) is 29.1 Å². The van der Waals surface area contributed by atoms with Crippen molar-refractivity contribution in [2.45, 2.75) is 38.3 Å². The zero-order chi connectivity index (χ0) is 14.3. The molecule has 4 nitrogen and oxygen atoms in total. The predicted molar refractivity (Wildman–Crippen MR) is 83.5 cm³/mol. The summed E-state index contributed by atoms with van der Waals surface area (Å²) in [6, 6.07) is 12.3. The maximum Gasteiger partial charge on any atom is 0.0766 e. The Morgan fingerprint density at radius 2 is 2.10 bits per heavy atom. The first-order valence-corrected chi connectivity index (χ1v) is 7.84. The summed E-state index contributed by atoms with van der Waals surface area (Å²) in [5, 5.41) is 8.05. The van der Waals surface area contributed by atoms with Crippen molar-refractivity contribution in [3.8, 4) is 5.69 Å². The maximum atomic E-state index is 5.73. The van der Waals surface area contributed by atoms with Crippen molar-refractivity contribution in [2.24, 2.45) is 0 Å². The van der Waals surface area contributed by atoms with Gasteiger partial charge in [0.25, 0.3) is 0 Å². The summed E-state index contributed by atoms with van der Waals surface area (Å²) >= 11 is 0. The van der Waals surface area contributed by atoms with E-state index in [1.165, 1.54) is 19.3 Å². The minimum absolute atomic E-state index is 0.452. The standard InChI is InChI=1S/C17H23N3O/c1-2-6-16(7-3-1)20-12-10-15(19-20)14-18-11-9-17-8-4-5-13-21-17/h1-3,6-7,10,12,17-18H,4-5,8-9,11,13-14H2. The molecule has 0 saturated carbocycles. The van der Waals surface area contributed by atoms with Crippen molar-refractivity contribution in [1.29, 1.82) is 0 Å². The minimum atomic E-state index is 0.452. The van der Waals surface area contributed by atoms with Crippen molar-refractivity contribution >= 4 is 0 Å². The Morgan fingerprint density at radius 1 is 1.19 bits per heavy atom. The predicted octanol–water partition coefficient (Wildman–Crippen LogP) is 2.92. The molecular weight excluding hydrogens is 262 g/mol. The van der Waals surface area contributed by atoms with Crippen LogP contribution < -0.4 is 5.32 Å². The summed E-state index contributed by atoms with van der Waals surface area (Å²) in [4.78, 5) is 0. The smallest absolute Gasteiger partial charge is 0.0766 e. The largest absolute Gasteiger partial charge is 0.378 e. The van der Waals surface area contributed by atoms with Crippen LogP contribution in [-0.2, 0) is 11.3 Å². The SMILES string of the molecule is c1ccc(-n2ccc(CNCCC3CCCCO3)n2)cc1. The fourth-order valence-electron chi connectivity index (χ4n) is 2.70. The van der Waals surface area contributed by atoms with Crippen LogP contribution in [0.2, 0.25) is 0 Å². The highest BCUT2D eigenvalue weighted by atomic mass is 16.5. The first-order valence-electron chi connectivity index (χ1n) is 7.84. The van der Waals surface area contributed by atoms with Gasteiger partial charge in [-0.3, -0.25) is 0 Å². The van der Waals surface area contributed by atoms with E-state index < -0.39 is 0 Å². The average Bonchev–Trinajstić information content (AvgIpc) is 3.02. The number of benzene rings is 1. The highest BCUT2D eigenvalue weighted by molar-refractivity contribution is 5.30. The van der Waals surface area contributed by atoms with Gasteiger partial charge in [-0.25, -0.2) is 4.68 Å². The lowest BCUT2D eigenvalue weighted by molar-refractivity contribution is 0.0115. The third-order valence-electron chi connectivity index (χ3n) is 3.89. The van der Waals surface area contributed by atoms with Gasteiger partial charge in [0.2, 0.25) is 0 Å². The second-order valence-corrected chi connectivity index (χ2v) is 5.54. The van der Waals surface area contributed by atoms with Crippen LogP contribution in [0.25, 0.3) is 5.69 Å². The second-order valence-electron chi connectivity index (χ2n) is 5.54. The summed E-state index contributed by atoms with van der Waals surface area (Å²) in [6.45, 7) is 2.74. The molecule has 1 aromatic heterocycles. The van der Waals surface area contributed by atoms with Crippen molar-refractivity contribution in [2.75, 3.05) is 13.2 Å². The van der Waals surface area contributed by atoms with Gasteiger partial charge in [-0.1, -0.05) is 18.2 Å². The summed E-state index contributed by atoms with van der Waals surface area (Å²) in [7, 11) is 0. The van der Waals surface area contributed by atoms with E-state index in [4.69, 9.17) is 4.74 Å². The number of aromatic nitrogens is 2. The van der Waals surface area contributed by atoms with Crippen LogP contribution >= 0.6 is 0 Å². The zero-order valence-corrected chi connectivity index (χ0v) is 12.4. The summed E-state index contributed by atoms with van der Waals surface area (Å²) in [5.41, 5.74) is 2.17. The number of hydrogen-bond acceptors (Lipinski definition) is 3. The maximum absolute atomic E-state index is 5.73. The van der Waals surface area contributed by atoms with Gasteiger partial charge in [0.05, 0.1) is 17.5 Å². The monoisotopic (exact) mass is 285 g/mol. The third kappa shape index (κ3) is 4.16. The molecule has 0 spiro atoms.